The number of benzene rings is 1. The molecule has 1 aromatic carbocycles. The second kappa shape index (κ2) is 8.35. The van der Waals surface area contributed by atoms with E-state index in [-0.39, 0.29) is 30.5 Å². The average molecular weight is 423 g/mol. The van der Waals surface area contributed by atoms with Crippen molar-refractivity contribution < 1.29 is 13.6 Å². The molecule has 0 radical (unpaired) electrons. The van der Waals surface area contributed by atoms with Crippen LogP contribution in [0.25, 0.3) is 10.9 Å². The summed E-state index contributed by atoms with van der Waals surface area (Å²) in [4.78, 5) is 13.1. The van der Waals surface area contributed by atoms with Gasteiger partial charge in [-0.05, 0) is 56.2 Å². The predicted molar refractivity (Wildman–Crippen MR) is 113 cm³/mol. The van der Waals surface area contributed by atoms with E-state index in [2.05, 4.69) is 9.88 Å². The number of halogens is 3. The molecule has 158 valence electrons. The van der Waals surface area contributed by atoms with E-state index < -0.39 is 5.92 Å². The number of Topliss-reactive ketones (excluding diaryl/α,β-unsaturated/α-hetero) is 1. The van der Waals surface area contributed by atoms with Crippen LogP contribution < -0.4 is 5.32 Å². The van der Waals surface area contributed by atoms with E-state index in [9.17, 15) is 13.6 Å². The molecule has 2 aromatic rings. The zero-order chi connectivity index (χ0) is 20.6. The number of aromatic nitrogens is 1. The number of nitrogens with one attached hydrogen (secondary N) is 1. The first-order valence-electron chi connectivity index (χ1n) is 10.7. The van der Waals surface area contributed by atoms with Crippen LogP contribution in [0, 0.1) is 11.8 Å². The van der Waals surface area contributed by atoms with Crippen molar-refractivity contribution in [2.75, 3.05) is 6.54 Å². The minimum absolute atomic E-state index is 0.00257. The number of nitrogens with zero attached hydrogens (tertiary/aromatic N) is 1. The Labute approximate surface area is 175 Å². The maximum Gasteiger partial charge on any atom is 0.248 e. The third-order valence-corrected chi connectivity index (χ3v) is 6.80. The Morgan fingerprint density at radius 3 is 2.90 bits per heavy atom. The lowest BCUT2D eigenvalue weighted by atomic mass is 9.77. The molecule has 2 fully saturated rings. The normalized spacial score (nSPS) is 26.8. The number of hydrogen-bond acceptors (Lipinski definition) is 2. The van der Waals surface area contributed by atoms with Gasteiger partial charge in [0.2, 0.25) is 5.92 Å². The Kier molecular flexibility index (Phi) is 5.99. The smallest absolute Gasteiger partial charge is 0.248 e. The van der Waals surface area contributed by atoms with Crippen LogP contribution in [0.3, 0.4) is 0 Å². The highest BCUT2D eigenvalue weighted by Crippen LogP contribution is 2.42. The minimum atomic E-state index is -2.60. The Hall–Kier alpha value is -1.46. The van der Waals surface area contributed by atoms with Crippen molar-refractivity contribution in [1.29, 1.82) is 0 Å². The number of carbonyl (C=O) groups is 1. The lowest BCUT2D eigenvalue weighted by Gasteiger charge is -2.33. The van der Waals surface area contributed by atoms with Crippen molar-refractivity contribution in [2.24, 2.45) is 11.8 Å². The molecule has 2 aliphatic rings. The molecule has 1 N–H and O–H groups in total. The predicted octanol–water partition coefficient (Wildman–Crippen LogP) is 6.08. The fraction of sp³-hybridized carbons (Fsp3) is 0.609. The van der Waals surface area contributed by atoms with Gasteiger partial charge >= 0.3 is 0 Å². The molecule has 6 heteroatoms. The maximum absolute atomic E-state index is 13.9. The summed E-state index contributed by atoms with van der Waals surface area (Å²) < 4.78 is 29.9. The number of fused-ring (bicyclic) bond motifs is 1. The molecule has 0 amide bonds. The molecule has 0 bridgehead atoms. The van der Waals surface area contributed by atoms with Crippen molar-refractivity contribution in [3.8, 4) is 0 Å². The number of hydrogen-bond donors (Lipinski definition) is 1. The highest BCUT2D eigenvalue weighted by molar-refractivity contribution is 6.37. The molecule has 1 aromatic heterocycles. The summed E-state index contributed by atoms with van der Waals surface area (Å²) in [6.45, 7) is 3.71. The quantitative estimate of drug-likeness (QED) is 0.572. The molecule has 2 heterocycles. The molecule has 1 saturated carbocycles. The molecular weight excluding hydrogens is 394 g/mol. The average Bonchev–Trinajstić information content (AvgIpc) is 3.27. The second-order valence-corrected chi connectivity index (χ2v) is 9.46. The summed E-state index contributed by atoms with van der Waals surface area (Å²) >= 11 is 6.46. The molecule has 3 atom stereocenters. The van der Waals surface area contributed by atoms with Crippen LogP contribution in [0.1, 0.15) is 62.2 Å². The van der Waals surface area contributed by atoms with Crippen molar-refractivity contribution in [1.82, 2.24) is 9.88 Å². The first-order chi connectivity index (χ1) is 13.8. The molecule has 4 rings (SSSR count). The van der Waals surface area contributed by atoms with Gasteiger partial charge in [-0.25, -0.2) is 8.78 Å². The number of ketones is 1. The number of alkyl halides is 2. The number of carbonyl (C=O) groups excluding carboxylic acids is 1. The Bertz CT molecular complexity index is 888. The third kappa shape index (κ3) is 4.66. The van der Waals surface area contributed by atoms with Gasteiger partial charge in [0.15, 0.2) is 5.78 Å². The van der Waals surface area contributed by atoms with E-state index >= 15 is 0 Å². The monoisotopic (exact) mass is 422 g/mol. The Morgan fingerprint density at radius 1 is 1.34 bits per heavy atom. The molecule has 1 saturated heterocycles. The van der Waals surface area contributed by atoms with Crippen LogP contribution in [0.5, 0.6) is 0 Å². The molecular formula is C23H29ClF2N2O. The van der Waals surface area contributed by atoms with Crippen LogP contribution in [-0.2, 0) is 6.54 Å². The molecule has 1 aliphatic heterocycles. The lowest BCUT2D eigenvalue weighted by molar-refractivity contribution is -0.0703. The van der Waals surface area contributed by atoms with E-state index in [4.69, 9.17) is 11.6 Å². The highest BCUT2D eigenvalue weighted by atomic mass is 35.5. The van der Waals surface area contributed by atoms with E-state index in [0.717, 1.165) is 36.8 Å². The first kappa shape index (κ1) is 20.8. The topological polar surface area (TPSA) is 34.0 Å². The zero-order valence-electron chi connectivity index (χ0n) is 16.9. The standard InChI is InChI=1S/C23H29ClF2N2O/c1-15-10-16(12-23(25,26)11-15)7-8-21(29)18-14-28(13-17-4-3-9-27-17)20-6-2-5-19(24)22(18)20/h2,5-6,14-17,27H,3-4,7-13H2,1H3. The second-order valence-electron chi connectivity index (χ2n) is 9.06. The first-order valence-corrected chi connectivity index (χ1v) is 11.1. The highest BCUT2D eigenvalue weighted by Gasteiger charge is 2.39. The van der Waals surface area contributed by atoms with Crippen molar-refractivity contribution in [2.45, 2.75) is 70.4 Å². The summed E-state index contributed by atoms with van der Waals surface area (Å²) in [5, 5.41) is 4.86. The number of rotatable bonds is 6. The molecule has 3 unspecified atom stereocenters. The van der Waals surface area contributed by atoms with Gasteiger partial charge in [-0.3, -0.25) is 4.79 Å². The molecule has 3 nitrogen and oxygen atoms in total. The van der Waals surface area contributed by atoms with Crippen LogP contribution in [0.4, 0.5) is 8.78 Å². The minimum Gasteiger partial charge on any atom is -0.345 e. The molecule has 0 spiro atoms. The van der Waals surface area contributed by atoms with Crippen molar-refractivity contribution >= 4 is 28.3 Å². The van der Waals surface area contributed by atoms with E-state index in [1.54, 1.807) is 0 Å². The third-order valence-electron chi connectivity index (χ3n) is 6.48. The Balaban J connectivity index is 1.52. The zero-order valence-corrected chi connectivity index (χ0v) is 17.7. The van der Waals surface area contributed by atoms with E-state index in [1.807, 2.05) is 31.3 Å². The largest absolute Gasteiger partial charge is 0.345 e. The van der Waals surface area contributed by atoms with Crippen LogP contribution in [0.2, 0.25) is 5.02 Å². The summed E-state index contributed by atoms with van der Waals surface area (Å²) in [5.41, 5.74) is 1.59. The van der Waals surface area contributed by atoms with Crippen LogP contribution in [0.15, 0.2) is 24.4 Å². The van der Waals surface area contributed by atoms with Gasteiger partial charge < -0.3 is 9.88 Å². The summed E-state index contributed by atoms with van der Waals surface area (Å²) in [6, 6.07) is 6.11. The summed E-state index contributed by atoms with van der Waals surface area (Å²) in [7, 11) is 0. The Morgan fingerprint density at radius 2 is 2.17 bits per heavy atom. The SMILES string of the molecule is CC1CC(CCC(=O)c2cn(CC3CCCN3)c3cccc(Cl)c23)CC(F)(F)C1. The fourth-order valence-electron chi connectivity index (χ4n) is 5.26. The van der Waals surface area contributed by atoms with Crippen molar-refractivity contribution in [3.63, 3.8) is 0 Å². The van der Waals surface area contributed by atoms with Gasteiger partial charge in [0.1, 0.15) is 0 Å². The van der Waals surface area contributed by atoms with Gasteiger partial charge in [-0.1, -0.05) is 24.6 Å². The lowest BCUT2D eigenvalue weighted by Crippen LogP contribution is -2.30. The molecule has 29 heavy (non-hydrogen) atoms. The van der Waals surface area contributed by atoms with Gasteiger partial charge in [-0.15, -0.1) is 0 Å². The van der Waals surface area contributed by atoms with Gasteiger partial charge in [0.25, 0.3) is 0 Å². The fourth-order valence-corrected chi connectivity index (χ4v) is 5.53. The van der Waals surface area contributed by atoms with Gasteiger partial charge in [-0.2, -0.15) is 0 Å². The van der Waals surface area contributed by atoms with Crippen molar-refractivity contribution in [3.05, 3.63) is 35.0 Å². The maximum atomic E-state index is 13.9. The van der Waals surface area contributed by atoms with Crippen LogP contribution >= 0.6 is 11.6 Å². The summed E-state index contributed by atoms with van der Waals surface area (Å²) in [5.74, 6) is -2.68. The molecule has 1 aliphatic carbocycles. The van der Waals surface area contributed by atoms with E-state index in [0.29, 0.717) is 29.5 Å². The van der Waals surface area contributed by atoms with Gasteiger partial charge in [0.05, 0.1) is 10.5 Å². The van der Waals surface area contributed by atoms with E-state index in [1.165, 1.54) is 6.42 Å². The van der Waals surface area contributed by atoms with Gasteiger partial charge in [0, 0.05) is 49.0 Å². The summed E-state index contributed by atoms with van der Waals surface area (Å²) in [6.07, 6.45) is 5.66. The van der Waals surface area contributed by atoms with Crippen LogP contribution in [-0.4, -0.2) is 28.9 Å².